The second kappa shape index (κ2) is 9.76. The lowest BCUT2D eigenvalue weighted by molar-refractivity contribution is -0.140. The second-order valence-corrected chi connectivity index (χ2v) is 9.75. The highest BCUT2D eigenvalue weighted by atomic mass is 16.5. The fourth-order valence-corrected chi connectivity index (χ4v) is 5.03. The number of anilines is 2. The minimum Gasteiger partial charge on any atom is -0.481 e. The molecular weight excluding hydrogens is 490 g/mol. The molecule has 194 valence electrons. The van der Waals surface area contributed by atoms with Crippen LogP contribution in [0.25, 0.3) is 33.6 Å². The molecule has 0 bridgehead atoms. The fourth-order valence-electron chi connectivity index (χ4n) is 5.03. The molecule has 0 amide bonds. The number of carboxylic acid groups (broad SMARTS) is 1. The SMILES string of the molecule is COc1ncccc1-c1cccc(Nc2c(C)noc2-c2cc(C3(C(=O)O)CC3)ccc2-c2ccccc2)c1. The van der Waals surface area contributed by atoms with E-state index < -0.39 is 11.4 Å². The summed E-state index contributed by atoms with van der Waals surface area (Å²) in [7, 11) is 1.61. The smallest absolute Gasteiger partial charge is 0.314 e. The van der Waals surface area contributed by atoms with E-state index >= 15 is 0 Å². The van der Waals surface area contributed by atoms with Crippen molar-refractivity contribution in [1.29, 1.82) is 0 Å². The number of benzene rings is 3. The largest absolute Gasteiger partial charge is 0.481 e. The van der Waals surface area contributed by atoms with Crippen molar-refractivity contribution >= 4 is 17.3 Å². The Morgan fingerprint density at radius 2 is 1.72 bits per heavy atom. The maximum atomic E-state index is 12.1. The van der Waals surface area contributed by atoms with Crippen LogP contribution in [0.2, 0.25) is 0 Å². The summed E-state index contributed by atoms with van der Waals surface area (Å²) in [4.78, 5) is 16.5. The number of hydrogen-bond donors (Lipinski definition) is 2. The number of methoxy groups -OCH3 is 1. The van der Waals surface area contributed by atoms with Crippen molar-refractivity contribution < 1.29 is 19.2 Å². The average molecular weight is 518 g/mol. The van der Waals surface area contributed by atoms with Gasteiger partial charge >= 0.3 is 5.97 Å². The van der Waals surface area contributed by atoms with Crippen LogP contribution < -0.4 is 10.1 Å². The first kappa shape index (κ1) is 24.4. The molecule has 7 heteroatoms. The molecule has 1 fully saturated rings. The van der Waals surface area contributed by atoms with Crippen molar-refractivity contribution in [3.63, 3.8) is 0 Å². The Hall–Kier alpha value is -4.91. The van der Waals surface area contributed by atoms with Gasteiger partial charge in [-0.2, -0.15) is 0 Å². The van der Waals surface area contributed by atoms with Gasteiger partial charge in [0.25, 0.3) is 0 Å². The van der Waals surface area contributed by atoms with Gasteiger partial charge in [-0.05, 0) is 72.4 Å². The van der Waals surface area contributed by atoms with Crippen LogP contribution in [0.1, 0.15) is 24.1 Å². The van der Waals surface area contributed by atoms with Gasteiger partial charge in [-0.25, -0.2) is 4.98 Å². The minimum absolute atomic E-state index is 0.549. The summed E-state index contributed by atoms with van der Waals surface area (Å²) in [5.41, 5.74) is 6.75. The van der Waals surface area contributed by atoms with E-state index in [9.17, 15) is 9.90 Å². The Kier molecular flexibility index (Phi) is 6.11. The normalized spacial score (nSPS) is 13.6. The van der Waals surface area contributed by atoms with E-state index in [4.69, 9.17) is 9.26 Å². The van der Waals surface area contributed by atoms with Crippen molar-refractivity contribution in [2.24, 2.45) is 0 Å². The van der Waals surface area contributed by atoms with E-state index in [2.05, 4.69) is 15.5 Å². The van der Waals surface area contributed by atoms with Crippen LogP contribution in [0.3, 0.4) is 0 Å². The summed E-state index contributed by atoms with van der Waals surface area (Å²) in [6, 6.07) is 27.7. The van der Waals surface area contributed by atoms with Gasteiger partial charge in [0.1, 0.15) is 11.4 Å². The Morgan fingerprint density at radius 1 is 0.923 bits per heavy atom. The predicted octanol–water partition coefficient (Wildman–Crippen LogP) is 7.25. The number of aromatic nitrogens is 2. The molecule has 3 aromatic carbocycles. The van der Waals surface area contributed by atoms with Gasteiger partial charge in [-0.3, -0.25) is 4.79 Å². The molecule has 0 radical (unpaired) electrons. The third-order valence-electron chi connectivity index (χ3n) is 7.33. The maximum absolute atomic E-state index is 12.1. The van der Waals surface area contributed by atoms with Crippen molar-refractivity contribution in [1.82, 2.24) is 10.1 Å². The third kappa shape index (κ3) is 4.42. The minimum atomic E-state index is -0.844. The number of aliphatic carboxylic acids is 1. The molecule has 0 spiro atoms. The molecule has 2 N–H and O–H groups in total. The molecule has 39 heavy (non-hydrogen) atoms. The molecule has 0 atom stereocenters. The molecule has 5 aromatic rings. The number of nitrogens with zero attached hydrogens (tertiary/aromatic N) is 2. The van der Waals surface area contributed by atoms with Gasteiger partial charge in [0.2, 0.25) is 5.88 Å². The molecule has 1 aliphatic carbocycles. The van der Waals surface area contributed by atoms with Gasteiger partial charge in [0.15, 0.2) is 5.76 Å². The molecule has 0 saturated heterocycles. The molecule has 1 aliphatic rings. The first-order chi connectivity index (χ1) is 19.0. The van der Waals surface area contributed by atoms with Crippen molar-refractivity contribution in [2.45, 2.75) is 25.2 Å². The number of carbonyl (C=O) groups is 1. The lowest BCUT2D eigenvalue weighted by Gasteiger charge is -2.16. The standard InChI is InChI=1S/C32H27N3O4/c1-20-28(34-24-11-6-10-22(18-24)26-12-7-17-33-30(26)38-2)29(39-35-20)27-19-23(32(15-16-32)31(36)37)13-14-25(27)21-8-4-3-5-9-21/h3-14,17-19,34H,15-16H2,1-2H3,(H,36,37). The molecule has 6 rings (SSSR count). The van der Waals surface area contributed by atoms with Crippen molar-refractivity contribution in [2.75, 3.05) is 12.4 Å². The molecule has 0 unspecified atom stereocenters. The summed E-state index contributed by atoms with van der Waals surface area (Å²) >= 11 is 0. The van der Waals surface area contributed by atoms with Crippen LogP contribution in [-0.4, -0.2) is 28.3 Å². The van der Waals surface area contributed by atoms with E-state index in [1.54, 1.807) is 13.3 Å². The van der Waals surface area contributed by atoms with E-state index in [-0.39, 0.29) is 0 Å². The topological polar surface area (TPSA) is 97.5 Å². The number of aryl methyl sites for hydroxylation is 1. The highest BCUT2D eigenvalue weighted by molar-refractivity contribution is 5.91. The molecule has 1 saturated carbocycles. The zero-order chi connectivity index (χ0) is 27.0. The summed E-state index contributed by atoms with van der Waals surface area (Å²) in [6.45, 7) is 1.88. The monoisotopic (exact) mass is 517 g/mol. The van der Waals surface area contributed by atoms with Crippen LogP contribution in [0.4, 0.5) is 11.4 Å². The number of rotatable bonds is 8. The van der Waals surface area contributed by atoms with E-state index in [0.717, 1.165) is 44.8 Å². The molecule has 0 aliphatic heterocycles. The fraction of sp³-hybridized carbons (Fsp3) is 0.156. The van der Waals surface area contributed by atoms with E-state index in [1.165, 1.54) is 0 Å². The maximum Gasteiger partial charge on any atom is 0.314 e. The Morgan fingerprint density at radius 3 is 2.46 bits per heavy atom. The zero-order valence-electron chi connectivity index (χ0n) is 21.6. The van der Waals surface area contributed by atoms with Crippen molar-refractivity contribution in [3.05, 3.63) is 102 Å². The quantitative estimate of drug-likeness (QED) is 0.224. The van der Waals surface area contributed by atoms with Crippen LogP contribution >= 0.6 is 0 Å². The first-order valence-electron chi connectivity index (χ1n) is 12.8. The van der Waals surface area contributed by atoms with Crippen LogP contribution in [-0.2, 0) is 10.2 Å². The zero-order valence-corrected chi connectivity index (χ0v) is 21.6. The number of carboxylic acids is 1. The third-order valence-corrected chi connectivity index (χ3v) is 7.33. The van der Waals surface area contributed by atoms with Gasteiger partial charge in [-0.15, -0.1) is 0 Å². The van der Waals surface area contributed by atoms with Crippen molar-refractivity contribution in [3.8, 4) is 39.5 Å². The predicted molar refractivity (Wildman–Crippen MR) is 150 cm³/mol. The van der Waals surface area contributed by atoms with Crippen LogP contribution in [0, 0.1) is 6.92 Å². The Labute approximate surface area is 226 Å². The summed E-state index contributed by atoms with van der Waals surface area (Å²) in [5.74, 6) is 0.308. The number of pyridine rings is 1. The lowest BCUT2D eigenvalue weighted by atomic mass is 9.89. The summed E-state index contributed by atoms with van der Waals surface area (Å²) < 4.78 is 11.4. The highest BCUT2D eigenvalue weighted by Crippen LogP contribution is 2.51. The Bertz CT molecular complexity index is 1670. The van der Waals surface area contributed by atoms with Gasteiger partial charge in [0.05, 0.1) is 12.5 Å². The molecule has 2 heterocycles. The van der Waals surface area contributed by atoms with Crippen LogP contribution in [0.5, 0.6) is 5.88 Å². The Balaban J connectivity index is 1.45. The average Bonchev–Trinajstić information content (AvgIpc) is 3.72. The van der Waals surface area contributed by atoms with Gasteiger partial charge < -0.3 is 19.7 Å². The lowest BCUT2D eigenvalue weighted by Crippen LogP contribution is -2.19. The first-order valence-corrected chi connectivity index (χ1v) is 12.8. The van der Waals surface area contributed by atoms with Crippen LogP contribution in [0.15, 0.2) is 95.6 Å². The summed E-state index contributed by atoms with van der Waals surface area (Å²) in [6.07, 6.45) is 2.95. The highest BCUT2D eigenvalue weighted by Gasteiger charge is 2.52. The van der Waals surface area contributed by atoms with Gasteiger partial charge in [0, 0.05) is 23.0 Å². The molecule has 2 aromatic heterocycles. The number of hydrogen-bond acceptors (Lipinski definition) is 6. The van der Waals surface area contributed by atoms with E-state index in [1.807, 2.05) is 91.9 Å². The second-order valence-electron chi connectivity index (χ2n) is 9.75. The number of nitrogens with one attached hydrogen (secondary N) is 1. The molecule has 7 nitrogen and oxygen atoms in total. The summed E-state index contributed by atoms with van der Waals surface area (Å²) in [5, 5.41) is 17.8. The van der Waals surface area contributed by atoms with Gasteiger partial charge in [-0.1, -0.05) is 59.8 Å². The number of ether oxygens (including phenoxy) is 1. The van der Waals surface area contributed by atoms with E-state index in [0.29, 0.717) is 30.2 Å². The molecular formula is C32H27N3O4.